The molecule has 0 aliphatic heterocycles. The van der Waals surface area contributed by atoms with Gasteiger partial charge in [0.15, 0.2) is 11.6 Å². The van der Waals surface area contributed by atoms with Crippen LogP contribution >= 0.6 is 0 Å². The molecule has 0 saturated heterocycles. The first-order chi connectivity index (χ1) is 6.75. The standard InChI is InChI=1S/C9H9F4NO/c1-4-2-3-5(7(15)6(4)10)8(14)9(11,12)13/h2-3,8,15H,14H2,1H3/t8-/m1/s1. The van der Waals surface area contributed by atoms with Gasteiger partial charge in [-0.3, -0.25) is 0 Å². The molecule has 15 heavy (non-hydrogen) atoms. The van der Waals surface area contributed by atoms with Gasteiger partial charge in [-0.1, -0.05) is 12.1 Å². The normalized spacial score (nSPS) is 14.0. The van der Waals surface area contributed by atoms with E-state index in [9.17, 15) is 17.6 Å². The molecule has 1 aromatic carbocycles. The van der Waals surface area contributed by atoms with Crippen LogP contribution in [0.1, 0.15) is 17.2 Å². The van der Waals surface area contributed by atoms with E-state index in [-0.39, 0.29) is 5.56 Å². The van der Waals surface area contributed by atoms with Crippen LogP contribution < -0.4 is 5.73 Å². The monoisotopic (exact) mass is 223 g/mol. The quantitative estimate of drug-likeness (QED) is 0.718. The summed E-state index contributed by atoms with van der Waals surface area (Å²) >= 11 is 0. The Morgan fingerprint density at radius 3 is 2.33 bits per heavy atom. The molecule has 84 valence electrons. The molecular weight excluding hydrogens is 214 g/mol. The second-order valence-electron chi connectivity index (χ2n) is 3.15. The van der Waals surface area contributed by atoms with Crippen molar-refractivity contribution in [2.45, 2.75) is 19.1 Å². The van der Waals surface area contributed by atoms with Crippen molar-refractivity contribution >= 4 is 0 Å². The number of aryl methyl sites for hydroxylation is 1. The maximum absolute atomic E-state index is 13.1. The van der Waals surface area contributed by atoms with Crippen LogP contribution in [-0.2, 0) is 0 Å². The van der Waals surface area contributed by atoms with Crippen LogP contribution in [0.3, 0.4) is 0 Å². The molecule has 6 heteroatoms. The summed E-state index contributed by atoms with van der Waals surface area (Å²) in [4.78, 5) is 0. The molecular formula is C9H9F4NO. The first-order valence-electron chi connectivity index (χ1n) is 4.05. The van der Waals surface area contributed by atoms with Gasteiger partial charge < -0.3 is 10.8 Å². The van der Waals surface area contributed by atoms with Crippen LogP contribution in [-0.4, -0.2) is 11.3 Å². The van der Waals surface area contributed by atoms with Crippen molar-refractivity contribution in [2.75, 3.05) is 0 Å². The molecule has 1 atom stereocenters. The average molecular weight is 223 g/mol. The van der Waals surface area contributed by atoms with E-state index in [0.29, 0.717) is 0 Å². The van der Waals surface area contributed by atoms with Gasteiger partial charge >= 0.3 is 6.18 Å². The molecule has 0 amide bonds. The molecule has 2 nitrogen and oxygen atoms in total. The average Bonchev–Trinajstić information content (AvgIpc) is 2.12. The summed E-state index contributed by atoms with van der Waals surface area (Å²) < 4.78 is 49.6. The summed E-state index contributed by atoms with van der Waals surface area (Å²) in [5.74, 6) is -2.12. The molecule has 0 aliphatic rings. The van der Waals surface area contributed by atoms with Crippen LogP contribution in [0, 0.1) is 12.7 Å². The van der Waals surface area contributed by atoms with Gasteiger partial charge in [0.1, 0.15) is 6.04 Å². The van der Waals surface area contributed by atoms with E-state index in [1.807, 2.05) is 0 Å². The Balaban J connectivity index is 3.23. The van der Waals surface area contributed by atoms with Crippen LogP contribution in [0.15, 0.2) is 12.1 Å². The van der Waals surface area contributed by atoms with Crippen LogP contribution in [0.5, 0.6) is 5.75 Å². The smallest absolute Gasteiger partial charge is 0.407 e. The lowest BCUT2D eigenvalue weighted by molar-refractivity contribution is -0.149. The van der Waals surface area contributed by atoms with Crippen molar-refractivity contribution in [2.24, 2.45) is 5.73 Å². The van der Waals surface area contributed by atoms with Gasteiger partial charge in [0.2, 0.25) is 0 Å². The fourth-order valence-electron chi connectivity index (χ4n) is 1.11. The molecule has 1 aromatic rings. The van der Waals surface area contributed by atoms with Crippen LogP contribution in [0.2, 0.25) is 0 Å². The second kappa shape index (κ2) is 3.69. The van der Waals surface area contributed by atoms with E-state index in [4.69, 9.17) is 10.8 Å². The molecule has 0 saturated carbocycles. The van der Waals surface area contributed by atoms with E-state index < -0.39 is 29.3 Å². The predicted molar refractivity (Wildman–Crippen MR) is 45.8 cm³/mol. The molecule has 3 N–H and O–H groups in total. The molecule has 0 fully saturated rings. The van der Waals surface area contributed by atoms with Gasteiger partial charge in [0.25, 0.3) is 0 Å². The molecule has 1 rings (SSSR count). The minimum atomic E-state index is -4.71. The molecule has 0 bridgehead atoms. The summed E-state index contributed by atoms with van der Waals surface area (Å²) in [5.41, 5.74) is 4.24. The highest BCUT2D eigenvalue weighted by atomic mass is 19.4. The van der Waals surface area contributed by atoms with E-state index in [1.54, 1.807) is 0 Å². The number of phenolic OH excluding ortho intramolecular Hbond substituents is 1. The number of rotatable bonds is 1. The topological polar surface area (TPSA) is 46.2 Å². The van der Waals surface area contributed by atoms with E-state index in [0.717, 1.165) is 12.1 Å². The zero-order valence-electron chi connectivity index (χ0n) is 7.77. The van der Waals surface area contributed by atoms with Crippen LogP contribution in [0.4, 0.5) is 17.6 Å². The van der Waals surface area contributed by atoms with Crippen molar-refractivity contribution in [3.05, 3.63) is 29.1 Å². The molecule has 0 spiro atoms. The summed E-state index contributed by atoms with van der Waals surface area (Å²) in [6.07, 6.45) is -4.71. The Hall–Kier alpha value is -1.30. The molecule has 0 unspecified atom stereocenters. The Kier molecular flexibility index (Phi) is 2.90. The highest BCUT2D eigenvalue weighted by Crippen LogP contribution is 2.36. The summed E-state index contributed by atoms with van der Waals surface area (Å²) in [6, 6.07) is -0.283. The minimum absolute atomic E-state index is 0.0608. The van der Waals surface area contributed by atoms with E-state index in [2.05, 4.69) is 0 Å². The lowest BCUT2D eigenvalue weighted by Crippen LogP contribution is -2.28. The van der Waals surface area contributed by atoms with Crippen molar-refractivity contribution < 1.29 is 22.7 Å². The number of hydrogen-bond acceptors (Lipinski definition) is 2. The Morgan fingerprint density at radius 1 is 1.33 bits per heavy atom. The number of hydrogen-bond donors (Lipinski definition) is 2. The minimum Gasteiger partial charge on any atom is -0.505 e. The maximum atomic E-state index is 13.1. The second-order valence-corrected chi connectivity index (χ2v) is 3.15. The van der Waals surface area contributed by atoms with Crippen molar-refractivity contribution in [1.29, 1.82) is 0 Å². The number of halogens is 4. The maximum Gasteiger partial charge on any atom is 0.407 e. The molecule has 0 aromatic heterocycles. The van der Waals surface area contributed by atoms with Gasteiger partial charge in [0, 0.05) is 5.56 Å². The highest BCUT2D eigenvalue weighted by molar-refractivity contribution is 5.40. The van der Waals surface area contributed by atoms with Gasteiger partial charge in [-0.25, -0.2) is 4.39 Å². The number of nitrogens with two attached hydrogens (primary N) is 1. The molecule has 0 radical (unpaired) electrons. The van der Waals surface area contributed by atoms with E-state index >= 15 is 0 Å². The SMILES string of the molecule is Cc1ccc([C@@H](N)C(F)(F)F)c(O)c1F. The Bertz CT molecular complexity index is 375. The summed E-state index contributed by atoms with van der Waals surface area (Å²) in [5, 5.41) is 9.16. The third kappa shape index (κ3) is 2.20. The number of phenols is 1. The third-order valence-electron chi connectivity index (χ3n) is 2.03. The van der Waals surface area contributed by atoms with Crippen molar-refractivity contribution in [3.8, 4) is 5.75 Å². The van der Waals surface area contributed by atoms with Crippen LogP contribution in [0.25, 0.3) is 0 Å². The van der Waals surface area contributed by atoms with Crippen molar-refractivity contribution in [1.82, 2.24) is 0 Å². The first-order valence-corrected chi connectivity index (χ1v) is 4.05. The Morgan fingerprint density at radius 2 is 1.87 bits per heavy atom. The number of aromatic hydroxyl groups is 1. The first kappa shape index (κ1) is 11.8. The predicted octanol–water partition coefficient (Wildman–Crippen LogP) is 2.40. The third-order valence-corrected chi connectivity index (χ3v) is 2.03. The summed E-state index contributed by atoms with van der Waals surface area (Å²) in [7, 11) is 0. The zero-order valence-corrected chi connectivity index (χ0v) is 7.77. The van der Waals surface area contributed by atoms with Gasteiger partial charge in [-0.2, -0.15) is 13.2 Å². The number of alkyl halides is 3. The fraction of sp³-hybridized carbons (Fsp3) is 0.333. The Labute approximate surface area is 83.3 Å². The van der Waals surface area contributed by atoms with Gasteiger partial charge in [-0.05, 0) is 12.5 Å². The fourth-order valence-corrected chi connectivity index (χ4v) is 1.11. The highest BCUT2D eigenvalue weighted by Gasteiger charge is 2.39. The lowest BCUT2D eigenvalue weighted by Gasteiger charge is -2.17. The zero-order chi connectivity index (χ0) is 11.8. The summed E-state index contributed by atoms with van der Waals surface area (Å²) in [6.45, 7) is 1.33. The largest absolute Gasteiger partial charge is 0.505 e. The lowest BCUT2D eigenvalue weighted by atomic mass is 10.0. The molecule has 0 heterocycles. The van der Waals surface area contributed by atoms with Crippen molar-refractivity contribution in [3.63, 3.8) is 0 Å². The van der Waals surface area contributed by atoms with Gasteiger partial charge in [-0.15, -0.1) is 0 Å². The van der Waals surface area contributed by atoms with Gasteiger partial charge in [0.05, 0.1) is 0 Å². The molecule has 0 aliphatic carbocycles. The number of benzene rings is 1. The van der Waals surface area contributed by atoms with E-state index in [1.165, 1.54) is 6.92 Å².